The molecule has 32 heavy (non-hydrogen) atoms. The molecule has 1 amide bonds. The van der Waals surface area contributed by atoms with E-state index in [1.54, 1.807) is 30.5 Å². The summed E-state index contributed by atoms with van der Waals surface area (Å²) in [5, 5.41) is 13.5. The fourth-order valence-corrected chi connectivity index (χ4v) is 3.89. The van der Waals surface area contributed by atoms with E-state index in [0.29, 0.717) is 41.9 Å². The van der Waals surface area contributed by atoms with Gasteiger partial charge in [-0.25, -0.2) is 4.98 Å². The number of aromatic nitrogens is 1. The van der Waals surface area contributed by atoms with Gasteiger partial charge in [0.1, 0.15) is 5.82 Å². The van der Waals surface area contributed by atoms with Gasteiger partial charge in [0.05, 0.1) is 35.2 Å². The van der Waals surface area contributed by atoms with E-state index in [2.05, 4.69) is 33.9 Å². The van der Waals surface area contributed by atoms with E-state index in [4.69, 9.17) is 16.3 Å². The van der Waals surface area contributed by atoms with Gasteiger partial charge in [-0.1, -0.05) is 37.6 Å². The molecule has 174 valence electrons. The number of benzene rings is 1. The molecule has 2 N–H and O–H groups in total. The summed E-state index contributed by atoms with van der Waals surface area (Å²) in [5.41, 5.74) is 1.06. The van der Waals surface area contributed by atoms with Gasteiger partial charge in [0.25, 0.3) is 5.91 Å². The van der Waals surface area contributed by atoms with Crippen molar-refractivity contribution in [3.8, 4) is 0 Å². The Labute approximate surface area is 195 Å². The van der Waals surface area contributed by atoms with Crippen LogP contribution in [0, 0.1) is 5.92 Å². The van der Waals surface area contributed by atoms with Crippen molar-refractivity contribution in [1.82, 2.24) is 9.88 Å². The molecule has 8 heteroatoms. The fraction of sp³-hybridized carbons (Fsp3) is 0.500. The van der Waals surface area contributed by atoms with Crippen molar-refractivity contribution < 1.29 is 14.6 Å². The Bertz CT molecular complexity index is 863. The summed E-state index contributed by atoms with van der Waals surface area (Å²) in [4.78, 5) is 21.5. The van der Waals surface area contributed by atoms with Gasteiger partial charge in [-0.05, 0) is 43.1 Å². The van der Waals surface area contributed by atoms with E-state index in [1.807, 2.05) is 12.1 Å². The number of anilines is 2. The lowest BCUT2D eigenvalue weighted by Gasteiger charge is -2.24. The molecule has 1 saturated heterocycles. The number of ether oxygens (including phenoxy) is 1. The predicted octanol–water partition coefficient (Wildman–Crippen LogP) is 3.53. The number of nitrogens with zero attached hydrogens (tertiary/aromatic N) is 3. The third-order valence-electron chi connectivity index (χ3n) is 5.27. The van der Waals surface area contributed by atoms with Crippen molar-refractivity contribution in [3.63, 3.8) is 0 Å². The maximum Gasteiger partial charge on any atom is 0.257 e. The molecule has 0 radical (unpaired) electrons. The molecule has 2 heterocycles. The summed E-state index contributed by atoms with van der Waals surface area (Å²) >= 11 is 6.10. The van der Waals surface area contributed by atoms with Crippen molar-refractivity contribution in [3.05, 3.63) is 53.2 Å². The van der Waals surface area contributed by atoms with E-state index in [0.717, 1.165) is 38.4 Å². The van der Waals surface area contributed by atoms with E-state index in [-0.39, 0.29) is 5.91 Å². The van der Waals surface area contributed by atoms with Crippen molar-refractivity contribution in [2.45, 2.75) is 26.4 Å². The molecule has 0 aliphatic carbocycles. The van der Waals surface area contributed by atoms with E-state index in [9.17, 15) is 9.90 Å². The Hall–Kier alpha value is -2.19. The molecule has 1 unspecified atom stereocenters. The Kier molecular flexibility index (Phi) is 9.29. The van der Waals surface area contributed by atoms with Crippen molar-refractivity contribution in [1.29, 1.82) is 0 Å². The molecular weight excluding hydrogens is 428 g/mol. The lowest BCUT2D eigenvalue weighted by atomic mass is 10.2. The minimum absolute atomic E-state index is 0.258. The molecule has 1 aliphatic rings. The first-order valence-corrected chi connectivity index (χ1v) is 11.5. The molecule has 1 aromatic carbocycles. The first-order valence-electron chi connectivity index (χ1n) is 11.2. The highest BCUT2D eigenvalue weighted by atomic mass is 35.5. The normalized spacial score (nSPS) is 16.1. The summed E-state index contributed by atoms with van der Waals surface area (Å²) in [7, 11) is 0. The Morgan fingerprint density at radius 2 is 1.97 bits per heavy atom. The second-order valence-electron chi connectivity index (χ2n) is 8.57. The lowest BCUT2D eigenvalue weighted by molar-refractivity contribution is 0.00917. The average Bonchev–Trinajstić information content (AvgIpc) is 3.00. The largest absolute Gasteiger partial charge is 0.389 e. The SMILES string of the molecule is CC(C)COCC(O)CN1CCCN(c2ccc(NC(=O)c3ccccc3Cl)cn2)CC1. The molecule has 1 aliphatic heterocycles. The summed E-state index contributed by atoms with van der Waals surface area (Å²) in [6, 6.07) is 10.7. The zero-order valence-corrected chi connectivity index (χ0v) is 19.6. The van der Waals surface area contributed by atoms with Gasteiger partial charge in [-0.3, -0.25) is 9.69 Å². The Morgan fingerprint density at radius 3 is 2.69 bits per heavy atom. The van der Waals surface area contributed by atoms with Gasteiger partial charge in [-0.15, -0.1) is 0 Å². The predicted molar refractivity (Wildman–Crippen MR) is 129 cm³/mol. The van der Waals surface area contributed by atoms with Crippen LogP contribution in [0.5, 0.6) is 0 Å². The van der Waals surface area contributed by atoms with Crippen LogP contribution in [0.15, 0.2) is 42.6 Å². The van der Waals surface area contributed by atoms with Crippen LogP contribution in [-0.4, -0.2) is 72.9 Å². The summed E-state index contributed by atoms with van der Waals surface area (Å²) in [5.74, 6) is 1.09. The van der Waals surface area contributed by atoms with Crippen molar-refractivity contribution in [2.75, 3.05) is 56.2 Å². The number of hydrogen-bond donors (Lipinski definition) is 2. The molecule has 1 fully saturated rings. The lowest BCUT2D eigenvalue weighted by Crippen LogP contribution is -2.38. The zero-order chi connectivity index (χ0) is 22.9. The quantitative estimate of drug-likeness (QED) is 0.596. The number of carbonyl (C=O) groups is 1. The van der Waals surface area contributed by atoms with Gasteiger partial charge in [0, 0.05) is 32.8 Å². The number of nitrogens with one attached hydrogen (secondary N) is 1. The summed E-state index contributed by atoms with van der Waals surface area (Å²) < 4.78 is 5.56. The highest BCUT2D eigenvalue weighted by molar-refractivity contribution is 6.34. The third kappa shape index (κ3) is 7.45. The number of hydrogen-bond acceptors (Lipinski definition) is 6. The molecule has 3 rings (SSSR count). The van der Waals surface area contributed by atoms with Crippen LogP contribution in [0.25, 0.3) is 0 Å². The number of aliphatic hydroxyl groups excluding tert-OH is 1. The molecular formula is C24H33ClN4O3. The third-order valence-corrected chi connectivity index (χ3v) is 5.60. The van der Waals surface area contributed by atoms with Gasteiger partial charge in [0.15, 0.2) is 0 Å². The van der Waals surface area contributed by atoms with Crippen LogP contribution in [0.4, 0.5) is 11.5 Å². The van der Waals surface area contributed by atoms with Crippen LogP contribution >= 0.6 is 11.6 Å². The number of aliphatic hydroxyl groups is 1. The molecule has 0 saturated carbocycles. The van der Waals surface area contributed by atoms with Crippen LogP contribution < -0.4 is 10.2 Å². The van der Waals surface area contributed by atoms with Crippen LogP contribution in [0.2, 0.25) is 5.02 Å². The topological polar surface area (TPSA) is 77.9 Å². The first-order chi connectivity index (χ1) is 15.4. The zero-order valence-electron chi connectivity index (χ0n) is 18.8. The number of carbonyl (C=O) groups excluding carboxylic acids is 1. The average molecular weight is 461 g/mol. The maximum absolute atomic E-state index is 12.4. The minimum atomic E-state index is -0.473. The summed E-state index contributed by atoms with van der Waals surface area (Å²) in [6.07, 6.45) is 2.19. The van der Waals surface area contributed by atoms with Gasteiger partial charge < -0.3 is 20.1 Å². The maximum atomic E-state index is 12.4. The molecule has 7 nitrogen and oxygen atoms in total. The van der Waals surface area contributed by atoms with Crippen molar-refractivity contribution >= 4 is 29.0 Å². The second-order valence-corrected chi connectivity index (χ2v) is 8.97. The van der Waals surface area contributed by atoms with Crippen molar-refractivity contribution in [2.24, 2.45) is 5.92 Å². The number of rotatable bonds is 9. The van der Waals surface area contributed by atoms with E-state index >= 15 is 0 Å². The first kappa shape index (κ1) is 24.5. The standard InChI is InChI=1S/C24H33ClN4O3/c1-18(2)16-32-17-20(30)15-28-10-5-11-29(13-12-28)23-9-8-19(14-26-23)27-24(31)21-6-3-4-7-22(21)25/h3-4,6-9,14,18,20,30H,5,10-13,15-17H2,1-2H3,(H,27,31). The highest BCUT2D eigenvalue weighted by Crippen LogP contribution is 2.19. The second kappa shape index (κ2) is 12.2. The van der Waals surface area contributed by atoms with Gasteiger partial charge >= 0.3 is 0 Å². The molecule has 1 atom stereocenters. The minimum Gasteiger partial charge on any atom is -0.389 e. The number of halogens is 1. The number of pyridine rings is 1. The van der Waals surface area contributed by atoms with Gasteiger partial charge in [-0.2, -0.15) is 0 Å². The molecule has 0 bridgehead atoms. The number of amides is 1. The molecule has 0 spiro atoms. The van der Waals surface area contributed by atoms with Crippen LogP contribution in [0.1, 0.15) is 30.6 Å². The molecule has 2 aromatic rings. The van der Waals surface area contributed by atoms with E-state index in [1.165, 1.54) is 0 Å². The Morgan fingerprint density at radius 1 is 1.16 bits per heavy atom. The van der Waals surface area contributed by atoms with Gasteiger partial charge in [0.2, 0.25) is 0 Å². The summed E-state index contributed by atoms with van der Waals surface area (Å²) in [6.45, 7) is 9.38. The van der Waals surface area contributed by atoms with Crippen LogP contribution in [0.3, 0.4) is 0 Å². The molecule has 1 aromatic heterocycles. The smallest absolute Gasteiger partial charge is 0.257 e. The van der Waals surface area contributed by atoms with Crippen LogP contribution in [-0.2, 0) is 4.74 Å². The fourth-order valence-electron chi connectivity index (χ4n) is 3.66. The monoisotopic (exact) mass is 460 g/mol. The highest BCUT2D eigenvalue weighted by Gasteiger charge is 2.19. The number of β-amino-alcohol motifs (C(OH)–C–C–N with tert-alkyl or cyclic N) is 1. The van der Waals surface area contributed by atoms with E-state index < -0.39 is 6.10 Å². The Balaban J connectivity index is 1.49.